The Hall–Kier alpha value is -3.40. The fourth-order valence-electron chi connectivity index (χ4n) is 2.26. The van der Waals surface area contributed by atoms with E-state index in [1.54, 1.807) is 0 Å². The maximum atomic E-state index is 11.7. The lowest BCUT2D eigenvalue weighted by molar-refractivity contribution is -0.384. The number of aromatic nitrogens is 1. The number of hydrogen-bond donors (Lipinski definition) is 3. The number of phenols is 1. The number of phenolic OH excluding ortho intramolecular Hbond substituents is 1. The van der Waals surface area contributed by atoms with Gasteiger partial charge in [0.25, 0.3) is 5.69 Å². The Kier molecular flexibility index (Phi) is 3.66. The zero-order valence-corrected chi connectivity index (χ0v) is 12.7. The Bertz CT molecular complexity index is 954. The highest BCUT2D eigenvalue weighted by atomic mass is 32.1. The highest BCUT2D eigenvalue weighted by Gasteiger charge is 2.23. The summed E-state index contributed by atoms with van der Waals surface area (Å²) >= 11 is 1.11. The third-order valence-electron chi connectivity index (χ3n) is 3.23. The van der Waals surface area contributed by atoms with Gasteiger partial charge in [-0.15, -0.1) is 0 Å². The number of rotatable bonds is 3. The van der Waals surface area contributed by atoms with Crippen molar-refractivity contribution in [3.05, 3.63) is 46.5 Å². The van der Waals surface area contributed by atoms with Gasteiger partial charge in [-0.05, 0) is 18.2 Å². The molecular formula is C14H10N4O5S. The van der Waals surface area contributed by atoms with Crippen molar-refractivity contribution in [3.63, 3.8) is 0 Å². The number of fused-ring (bicyclic) bond motifs is 1. The number of aromatic hydroxyl groups is 1. The smallest absolute Gasteiger partial charge is 0.416 e. The minimum atomic E-state index is -1.33. The molecule has 0 fully saturated rings. The molecule has 1 aromatic heterocycles. The van der Waals surface area contributed by atoms with Crippen molar-refractivity contribution in [2.45, 2.75) is 0 Å². The molecule has 24 heavy (non-hydrogen) atoms. The Balaban J connectivity index is 2.19. The minimum Gasteiger partial charge on any atom is -0.508 e. The van der Waals surface area contributed by atoms with Gasteiger partial charge >= 0.3 is 6.09 Å². The van der Waals surface area contributed by atoms with Gasteiger partial charge in [-0.3, -0.25) is 10.1 Å². The summed E-state index contributed by atoms with van der Waals surface area (Å²) in [4.78, 5) is 26.9. The lowest BCUT2D eigenvalue weighted by atomic mass is 10.2. The van der Waals surface area contributed by atoms with Gasteiger partial charge in [-0.1, -0.05) is 11.3 Å². The largest absolute Gasteiger partial charge is 0.508 e. The van der Waals surface area contributed by atoms with E-state index in [2.05, 4.69) is 4.98 Å². The Morgan fingerprint density at radius 3 is 2.54 bits per heavy atom. The predicted molar refractivity (Wildman–Crippen MR) is 89.0 cm³/mol. The van der Waals surface area contributed by atoms with Crippen molar-refractivity contribution < 1.29 is 19.9 Å². The summed E-state index contributed by atoms with van der Waals surface area (Å²) in [7, 11) is 0. The number of nitrogens with two attached hydrogens (primary N) is 1. The summed E-state index contributed by atoms with van der Waals surface area (Å²) in [6, 6.07) is 7.68. The normalized spacial score (nSPS) is 10.7. The van der Waals surface area contributed by atoms with E-state index in [0.717, 1.165) is 16.2 Å². The second kappa shape index (κ2) is 5.66. The first-order valence-electron chi connectivity index (χ1n) is 6.53. The van der Waals surface area contributed by atoms with Crippen molar-refractivity contribution in [2.75, 3.05) is 10.6 Å². The molecule has 4 N–H and O–H groups in total. The second-order valence-electron chi connectivity index (χ2n) is 4.76. The van der Waals surface area contributed by atoms with E-state index in [1.807, 2.05) is 0 Å². The number of anilines is 3. The van der Waals surface area contributed by atoms with E-state index in [4.69, 9.17) is 5.73 Å². The van der Waals surface area contributed by atoms with Crippen LogP contribution in [0.15, 0.2) is 36.4 Å². The van der Waals surface area contributed by atoms with Crippen LogP contribution in [-0.2, 0) is 0 Å². The summed E-state index contributed by atoms with van der Waals surface area (Å²) in [5.41, 5.74) is 6.10. The molecule has 0 aliphatic heterocycles. The Morgan fingerprint density at radius 1 is 1.29 bits per heavy atom. The molecule has 3 aromatic rings. The number of nitro groups is 1. The summed E-state index contributed by atoms with van der Waals surface area (Å²) < 4.78 is 0.524. The molecule has 10 heteroatoms. The molecule has 0 aliphatic carbocycles. The van der Waals surface area contributed by atoms with Gasteiger partial charge < -0.3 is 15.9 Å². The van der Waals surface area contributed by atoms with Crippen LogP contribution in [-0.4, -0.2) is 26.2 Å². The van der Waals surface area contributed by atoms with Crippen LogP contribution >= 0.6 is 11.3 Å². The highest BCUT2D eigenvalue weighted by Crippen LogP contribution is 2.38. The average Bonchev–Trinajstić information content (AvgIpc) is 2.87. The lowest BCUT2D eigenvalue weighted by Gasteiger charge is -2.20. The zero-order chi connectivity index (χ0) is 17.4. The number of carboxylic acid groups (broad SMARTS) is 1. The number of nitro benzene ring substituents is 1. The number of nitrogen functional groups attached to an aromatic ring is 1. The van der Waals surface area contributed by atoms with Crippen LogP contribution in [0, 0.1) is 10.1 Å². The molecule has 0 bridgehead atoms. The maximum absolute atomic E-state index is 11.7. The first kappa shape index (κ1) is 15.5. The number of carbonyl (C=O) groups is 1. The minimum absolute atomic E-state index is 0.110. The fourth-order valence-corrected chi connectivity index (χ4v) is 3.05. The molecule has 0 saturated heterocycles. The van der Waals surface area contributed by atoms with Crippen LogP contribution < -0.4 is 10.6 Å². The van der Waals surface area contributed by atoms with Crippen molar-refractivity contribution >= 4 is 49.8 Å². The number of amides is 1. The van der Waals surface area contributed by atoms with E-state index in [-0.39, 0.29) is 27.9 Å². The van der Waals surface area contributed by atoms with Gasteiger partial charge in [0.15, 0.2) is 5.13 Å². The van der Waals surface area contributed by atoms with Gasteiger partial charge in [0.2, 0.25) is 0 Å². The van der Waals surface area contributed by atoms with E-state index < -0.39 is 11.0 Å². The molecule has 9 nitrogen and oxygen atoms in total. The molecule has 0 saturated carbocycles. The molecule has 2 aromatic carbocycles. The van der Waals surface area contributed by atoms with Crippen LogP contribution in [0.3, 0.4) is 0 Å². The zero-order valence-electron chi connectivity index (χ0n) is 11.9. The van der Waals surface area contributed by atoms with E-state index in [9.17, 15) is 25.1 Å². The van der Waals surface area contributed by atoms with Crippen LogP contribution in [0.4, 0.5) is 27.0 Å². The van der Waals surface area contributed by atoms with Crippen molar-refractivity contribution in [3.8, 4) is 5.75 Å². The first-order valence-corrected chi connectivity index (χ1v) is 7.35. The number of nitrogens with zero attached hydrogens (tertiary/aromatic N) is 3. The van der Waals surface area contributed by atoms with Gasteiger partial charge in [-0.25, -0.2) is 14.7 Å². The van der Waals surface area contributed by atoms with Gasteiger partial charge in [0, 0.05) is 18.2 Å². The number of hydrogen-bond acceptors (Lipinski definition) is 7. The monoisotopic (exact) mass is 346 g/mol. The molecule has 0 spiro atoms. The molecule has 1 heterocycles. The van der Waals surface area contributed by atoms with E-state index in [0.29, 0.717) is 10.2 Å². The van der Waals surface area contributed by atoms with Gasteiger partial charge in [0.05, 0.1) is 21.0 Å². The fraction of sp³-hybridized carbons (Fsp3) is 0. The van der Waals surface area contributed by atoms with Crippen molar-refractivity contribution in [1.82, 2.24) is 4.98 Å². The molecular weight excluding hydrogens is 336 g/mol. The summed E-state index contributed by atoms with van der Waals surface area (Å²) in [6.07, 6.45) is -1.33. The molecule has 3 rings (SSSR count). The molecule has 0 atom stereocenters. The predicted octanol–water partition coefficient (Wildman–Crippen LogP) is 3.31. The first-order chi connectivity index (χ1) is 11.4. The lowest BCUT2D eigenvalue weighted by Crippen LogP contribution is -2.23. The standard InChI is InChI=1S/C14H10N4O5S/c15-13-16-12-10(5-9(19)6-11(12)24-13)17(14(20)21)7-1-3-8(4-2-7)18(22)23/h1-6,19H,(H2,15,16)(H,20,21). The SMILES string of the molecule is Nc1nc2c(N(C(=O)O)c3ccc([N+](=O)[O-])cc3)cc(O)cc2s1. The second-order valence-corrected chi connectivity index (χ2v) is 5.82. The quantitative estimate of drug-likeness (QED) is 0.487. The molecule has 1 amide bonds. The summed E-state index contributed by atoms with van der Waals surface area (Å²) in [5.74, 6) is -0.144. The number of thiazole rings is 1. The number of benzene rings is 2. The molecule has 0 aliphatic rings. The molecule has 0 unspecified atom stereocenters. The highest BCUT2D eigenvalue weighted by molar-refractivity contribution is 7.22. The third kappa shape index (κ3) is 2.65. The average molecular weight is 346 g/mol. The molecule has 122 valence electrons. The topological polar surface area (TPSA) is 143 Å². The van der Waals surface area contributed by atoms with E-state index in [1.165, 1.54) is 36.4 Å². The van der Waals surface area contributed by atoms with Crippen molar-refractivity contribution in [2.24, 2.45) is 0 Å². The Labute approximate surface area is 138 Å². The van der Waals surface area contributed by atoms with Crippen molar-refractivity contribution in [1.29, 1.82) is 0 Å². The van der Waals surface area contributed by atoms with Crippen LogP contribution in [0.25, 0.3) is 10.2 Å². The Morgan fingerprint density at radius 2 is 1.96 bits per heavy atom. The maximum Gasteiger partial charge on any atom is 0.416 e. The summed E-state index contributed by atoms with van der Waals surface area (Å²) in [6.45, 7) is 0. The van der Waals surface area contributed by atoms with Crippen LogP contribution in [0.2, 0.25) is 0 Å². The summed E-state index contributed by atoms with van der Waals surface area (Å²) in [5, 5.41) is 30.4. The van der Waals surface area contributed by atoms with Gasteiger partial charge in [-0.2, -0.15) is 0 Å². The number of non-ortho nitro benzene ring substituents is 1. The van der Waals surface area contributed by atoms with E-state index >= 15 is 0 Å². The third-order valence-corrected chi connectivity index (χ3v) is 4.06. The van der Waals surface area contributed by atoms with Gasteiger partial charge in [0.1, 0.15) is 11.3 Å². The molecule has 0 radical (unpaired) electrons. The van der Waals surface area contributed by atoms with Crippen LogP contribution in [0.5, 0.6) is 5.75 Å². The van der Waals surface area contributed by atoms with Crippen LogP contribution in [0.1, 0.15) is 0 Å².